The van der Waals surface area contributed by atoms with Gasteiger partial charge in [-0.05, 0) is 50.8 Å². The molecule has 0 saturated carbocycles. The Labute approximate surface area is 123 Å². The highest BCUT2D eigenvalue weighted by Gasteiger charge is 2.17. The molecule has 2 N–H and O–H groups in total. The smallest absolute Gasteiger partial charge is 0.237 e. The lowest BCUT2D eigenvalue weighted by Crippen LogP contribution is -2.45. The summed E-state index contributed by atoms with van der Waals surface area (Å²) in [6, 6.07) is 4.16. The zero-order valence-electron chi connectivity index (χ0n) is 12.3. The lowest BCUT2D eigenvalue weighted by Gasteiger charge is -2.20. The van der Waals surface area contributed by atoms with Crippen LogP contribution in [-0.2, 0) is 4.79 Å². The maximum Gasteiger partial charge on any atom is 0.237 e. The van der Waals surface area contributed by atoms with Crippen LogP contribution in [0.4, 0.5) is 0 Å². The van der Waals surface area contributed by atoms with Crippen LogP contribution in [0.2, 0.25) is 0 Å². The van der Waals surface area contributed by atoms with E-state index in [1.807, 2.05) is 38.4 Å². The first-order valence-electron chi connectivity index (χ1n) is 6.87. The molecule has 2 rings (SSSR count). The highest BCUT2D eigenvalue weighted by molar-refractivity contribution is 7.17. The fourth-order valence-corrected chi connectivity index (χ4v) is 2.84. The summed E-state index contributed by atoms with van der Waals surface area (Å²) in [5.74, 6) is 0.0250. The number of amides is 1. The van der Waals surface area contributed by atoms with E-state index in [1.165, 1.54) is 4.70 Å². The largest absolute Gasteiger partial charge is 0.353 e. The summed E-state index contributed by atoms with van der Waals surface area (Å²) in [7, 11) is 0. The molecule has 0 radical (unpaired) electrons. The normalized spacial score (nSPS) is 14.4. The predicted octanol–water partition coefficient (Wildman–Crippen LogP) is 2.86. The first-order valence-corrected chi connectivity index (χ1v) is 7.75. The van der Waals surface area contributed by atoms with Crippen molar-refractivity contribution >= 4 is 27.5 Å². The SMILES string of the molecule is CC(C)NC(=O)C(C)NC(C)c1cnc2ccsc2c1. The number of pyridine rings is 1. The van der Waals surface area contributed by atoms with Crippen LogP contribution in [0.3, 0.4) is 0 Å². The van der Waals surface area contributed by atoms with Crippen molar-refractivity contribution in [1.29, 1.82) is 0 Å². The molecular formula is C15H21N3OS. The van der Waals surface area contributed by atoms with E-state index in [2.05, 4.69) is 28.6 Å². The monoisotopic (exact) mass is 291 g/mol. The van der Waals surface area contributed by atoms with E-state index < -0.39 is 0 Å². The summed E-state index contributed by atoms with van der Waals surface area (Å²) < 4.78 is 1.18. The van der Waals surface area contributed by atoms with E-state index in [0.717, 1.165) is 11.1 Å². The third kappa shape index (κ3) is 3.55. The van der Waals surface area contributed by atoms with Crippen molar-refractivity contribution in [2.24, 2.45) is 0 Å². The number of hydrogen-bond acceptors (Lipinski definition) is 4. The summed E-state index contributed by atoms with van der Waals surface area (Å²) in [5, 5.41) is 8.26. The van der Waals surface area contributed by atoms with Gasteiger partial charge in [-0.15, -0.1) is 11.3 Å². The van der Waals surface area contributed by atoms with Gasteiger partial charge in [0.1, 0.15) is 0 Å². The van der Waals surface area contributed by atoms with Crippen LogP contribution in [-0.4, -0.2) is 23.0 Å². The van der Waals surface area contributed by atoms with E-state index in [0.29, 0.717) is 0 Å². The average Bonchev–Trinajstić information content (AvgIpc) is 2.84. The molecule has 108 valence electrons. The molecule has 0 saturated heterocycles. The molecule has 0 fully saturated rings. The number of fused-ring (bicyclic) bond motifs is 1. The molecule has 2 heterocycles. The standard InChI is InChI=1S/C15H21N3OS/c1-9(2)17-15(19)11(4)18-10(3)12-7-14-13(16-8-12)5-6-20-14/h5-11,18H,1-4H3,(H,17,19). The van der Waals surface area contributed by atoms with Crippen molar-refractivity contribution in [3.05, 3.63) is 29.3 Å². The Morgan fingerprint density at radius 3 is 2.75 bits per heavy atom. The van der Waals surface area contributed by atoms with E-state index in [9.17, 15) is 4.79 Å². The molecule has 2 aromatic heterocycles. The number of hydrogen-bond donors (Lipinski definition) is 2. The van der Waals surface area contributed by atoms with Crippen LogP contribution in [0, 0.1) is 0 Å². The molecule has 2 aromatic rings. The van der Waals surface area contributed by atoms with E-state index in [1.54, 1.807) is 11.3 Å². The van der Waals surface area contributed by atoms with Gasteiger partial charge in [0.05, 0.1) is 16.3 Å². The molecule has 5 heteroatoms. The van der Waals surface area contributed by atoms with Gasteiger partial charge in [0.25, 0.3) is 0 Å². The zero-order valence-corrected chi connectivity index (χ0v) is 13.1. The van der Waals surface area contributed by atoms with Crippen molar-refractivity contribution in [3.8, 4) is 0 Å². The maximum absolute atomic E-state index is 11.9. The van der Waals surface area contributed by atoms with E-state index >= 15 is 0 Å². The molecule has 0 aliphatic heterocycles. The van der Waals surface area contributed by atoms with Gasteiger partial charge in [-0.1, -0.05) is 0 Å². The van der Waals surface area contributed by atoms with Crippen molar-refractivity contribution < 1.29 is 4.79 Å². The first kappa shape index (κ1) is 14.9. The number of thiophene rings is 1. The fourth-order valence-electron chi connectivity index (χ4n) is 2.05. The van der Waals surface area contributed by atoms with Crippen LogP contribution in [0.25, 0.3) is 10.2 Å². The molecule has 0 aliphatic rings. The van der Waals surface area contributed by atoms with Crippen molar-refractivity contribution in [2.75, 3.05) is 0 Å². The Hall–Kier alpha value is -1.46. The predicted molar refractivity (Wildman–Crippen MR) is 83.9 cm³/mol. The second kappa shape index (κ2) is 6.33. The van der Waals surface area contributed by atoms with Crippen LogP contribution >= 0.6 is 11.3 Å². The van der Waals surface area contributed by atoms with E-state index in [4.69, 9.17) is 0 Å². The molecule has 1 amide bonds. The molecule has 0 spiro atoms. The summed E-state index contributed by atoms with van der Waals surface area (Å²) in [6.07, 6.45) is 1.87. The number of nitrogens with one attached hydrogen (secondary N) is 2. The summed E-state index contributed by atoms with van der Waals surface area (Å²) in [4.78, 5) is 16.3. The number of nitrogens with zero attached hydrogens (tertiary/aromatic N) is 1. The summed E-state index contributed by atoms with van der Waals surface area (Å²) >= 11 is 1.68. The second-order valence-electron chi connectivity index (χ2n) is 5.35. The van der Waals surface area contributed by atoms with Gasteiger partial charge in [0, 0.05) is 18.3 Å². The minimum absolute atomic E-state index is 0.0250. The van der Waals surface area contributed by atoms with Crippen molar-refractivity contribution in [2.45, 2.75) is 45.8 Å². The molecule has 4 nitrogen and oxygen atoms in total. The molecule has 2 unspecified atom stereocenters. The lowest BCUT2D eigenvalue weighted by molar-refractivity contribution is -0.123. The maximum atomic E-state index is 11.9. The van der Waals surface area contributed by atoms with Crippen molar-refractivity contribution in [3.63, 3.8) is 0 Å². The highest BCUT2D eigenvalue weighted by Crippen LogP contribution is 2.22. The quantitative estimate of drug-likeness (QED) is 0.890. The first-order chi connectivity index (χ1) is 9.47. The third-order valence-corrected chi connectivity index (χ3v) is 4.00. The Balaban J connectivity index is 2.03. The molecule has 0 bridgehead atoms. The lowest BCUT2D eigenvalue weighted by atomic mass is 10.1. The highest BCUT2D eigenvalue weighted by atomic mass is 32.1. The zero-order chi connectivity index (χ0) is 14.7. The average molecular weight is 291 g/mol. The topological polar surface area (TPSA) is 54.0 Å². The van der Waals surface area contributed by atoms with Crippen LogP contribution in [0.5, 0.6) is 0 Å². The summed E-state index contributed by atoms with van der Waals surface area (Å²) in [6.45, 7) is 7.85. The molecule has 0 aliphatic carbocycles. The Morgan fingerprint density at radius 1 is 1.30 bits per heavy atom. The Kier molecular flexibility index (Phi) is 4.73. The number of aromatic nitrogens is 1. The number of carbonyl (C=O) groups is 1. The number of rotatable bonds is 5. The van der Waals surface area contributed by atoms with Gasteiger partial charge in [0.15, 0.2) is 0 Å². The molecular weight excluding hydrogens is 270 g/mol. The summed E-state index contributed by atoms with van der Waals surface area (Å²) in [5.41, 5.74) is 2.13. The second-order valence-corrected chi connectivity index (χ2v) is 6.29. The van der Waals surface area contributed by atoms with E-state index in [-0.39, 0.29) is 24.0 Å². The molecule has 20 heavy (non-hydrogen) atoms. The van der Waals surface area contributed by atoms with Gasteiger partial charge >= 0.3 is 0 Å². The van der Waals surface area contributed by atoms with Gasteiger partial charge in [-0.25, -0.2) is 0 Å². The van der Waals surface area contributed by atoms with Crippen molar-refractivity contribution in [1.82, 2.24) is 15.6 Å². The third-order valence-electron chi connectivity index (χ3n) is 3.15. The van der Waals surface area contributed by atoms with Crippen LogP contribution < -0.4 is 10.6 Å². The Morgan fingerprint density at radius 2 is 2.05 bits per heavy atom. The fraction of sp³-hybridized carbons (Fsp3) is 0.467. The minimum atomic E-state index is -0.230. The van der Waals surface area contributed by atoms with Crippen LogP contribution in [0.15, 0.2) is 23.7 Å². The number of carbonyl (C=O) groups excluding carboxylic acids is 1. The van der Waals surface area contributed by atoms with Gasteiger partial charge in [0.2, 0.25) is 5.91 Å². The van der Waals surface area contributed by atoms with Crippen LogP contribution in [0.1, 0.15) is 39.3 Å². The van der Waals surface area contributed by atoms with Gasteiger partial charge < -0.3 is 5.32 Å². The van der Waals surface area contributed by atoms with Gasteiger partial charge in [-0.2, -0.15) is 0 Å². The Bertz CT molecular complexity index is 594. The molecule has 0 aromatic carbocycles. The minimum Gasteiger partial charge on any atom is -0.353 e. The molecule has 2 atom stereocenters. The van der Waals surface area contributed by atoms with Gasteiger partial charge in [-0.3, -0.25) is 15.1 Å².